The van der Waals surface area contributed by atoms with E-state index in [0.717, 1.165) is 6.54 Å². The number of benzene rings is 1. The Morgan fingerprint density at radius 3 is 2.33 bits per heavy atom. The van der Waals surface area contributed by atoms with Crippen LogP contribution in [0.3, 0.4) is 0 Å². The molecule has 0 aliphatic rings. The highest BCUT2D eigenvalue weighted by Gasteiger charge is 2.04. The highest BCUT2D eigenvalue weighted by Crippen LogP contribution is 2.22. The summed E-state index contributed by atoms with van der Waals surface area (Å²) in [4.78, 5) is 0. The smallest absolute Gasteiger partial charge is 0.0480 e. The summed E-state index contributed by atoms with van der Waals surface area (Å²) < 4.78 is 2.42. The number of aromatic nitrogens is 1. The molecule has 0 saturated carbocycles. The molecule has 1 aromatic carbocycles. The summed E-state index contributed by atoms with van der Waals surface area (Å²) >= 11 is 0. The lowest BCUT2D eigenvalue weighted by Gasteiger charge is -2.08. The van der Waals surface area contributed by atoms with Crippen molar-refractivity contribution in [1.82, 2.24) is 4.57 Å². The number of unbranched alkanes of at least 4 members (excludes halogenated alkanes) is 6. The minimum atomic E-state index is 0.612. The zero-order valence-electron chi connectivity index (χ0n) is 14.1. The Hall–Kier alpha value is -1.24. The molecule has 2 rings (SSSR count). The maximum atomic E-state index is 2.42. The number of aryl methyl sites for hydroxylation is 1. The Balaban J connectivity index is 1.83. The molecule has 21 heavy (non-hydrogen) atoms. The summed E-state index contributed by atoms with van der Waals surface area (Å²) in [5.74, 6) is 0.612. The Kier molecular flexibility index (Phi) is 6.35. The maximum absolute atomic E-state index is 2.42. The van der Waals surface area contributed by atoms with Crippen molar-refractivity contribution >= 4 is 10.9 Å². The first-order valence-electron chi connectivity index (χ1n) is 8.81. The number of fused-ring (bicyclic) bond motifs is 1. The molecule has 0 radical (unpaired) electrons. The van der Waals surface area contributed by atoms with Crippen molar-refractivity contribution in [2.75, 3.05) is 0 Å². The van der Waals surface area contributed by atoms with Crippen molar-refractivity contribution in [1.29, 1.82) is 0 Å². The molecule has 0 saturated heterocycles. The standard InChI is InChI=1S/C20H31N/c1-4-5-6-7-8-9-10-14-21-15-13-19-16-18(17(2)3)11-12-20(19)21/h11-13,15-17H,4-10,14H2,1-3H3. The van der Waals surface area contributed by atoms with E-state index >= 15 is 0 Å². The summed E-state index contributed by atoms with van der Waals surface area (Å²) in [6, 6.07) is 9.20. The highest BCUT2D eigenvalue weighted by atomic mass is 14.9. The molecule has 0 atom stereocenters. The zero-order chi connectivity index (χ0) is 15.1. The van der Waals surface area contributed by atoms with Crippen LogP contribution in [-0.2, 0) is 6.54 Å². The molecule has 1 nitrogen and oxygen atoms in total. The fourth-order valence-electron chi connectivity index (χ4n) is 3.01. The lowest BCUT2D eigenvalue weighted by Crippen LogP contribution is -1.96. The van der Waals surface area contributed by atoms with Crippen LogP contribution in [0.25, 0.3) is 10.9 Å². The van der Waals surface area contributed by atoms with Gasteiger partial charge in [0.15, 0.2) is 0 Å². The van der Waals surface area contributed by atoms with Crippen LogP contribution in [0.4, 0.5) is 0 Å². The van der Waals surface area contributed by atoms with Gasteiger partial charge in [-0.25, -0.2) is 0 Å². The van der Waals surface area contributed by atoms with E-state index in [-0.39, 0.29) is 0 Å². The zero-order valence-corrected chi connectivity index (χ0v) is 14.1. The Labute approximate surface area is 130 Å². The number of rotatable bonds is 9. The van der Waals surface area contributed by atoms with Crippen molar-refractivity contribution in [3.05, 3.63) is 36.0 Å². The van der Waals surface area contributed by atoms with Crippen molar-refractivity contribution < 1.29 is 0 Å². The molecular weight excluding hydrogens is 254 g/mol. The van der Waals surface area contributed by atoms with Gasteiger partial charge >= 0.3 is 0 Å². The van der Waals surface area contributed by atoms with Crippen LogP contribution < -0.4 is 0 Å². The highest BCUT2D eigenvalue weighted by molar-refractivity contribution is 5.81. The molecule has 0 fully saturated rings. The molecule has 2 aromatic rings. The van der Waals surface area contributed by atoms with Crippen LogP contribution in [0.1, 0.15) is 77.2 Å². The summed E-state index contributed by atoms with van der Waals surface area (Å²) in [6.07, 6.45) is 11.9. The average molecular weight is 285 g/mol. The van der Waals surface area contributed by atoms with Crippen LogP contribution >= 0.6 is 0 Å². The Morgan fingerprint density at radius 2 is 1.62 bits per heavy atom. The fraction of sp³-hybridized carbons (Fsp3) is 0.600. The molecule has 0 N–H and O–H groups in total. The second kappa shape index (κ2) is 8.26. The SMILES string of the molecule is CCCCCCCCCn1ccc2cc(C(C)C)ccc21. The lowest BCUT2D eigenvalue weighted by atomic mass is 10.0. The first kappa shape index (κ1) is 16.1. The monoisotopic (exact) mass is 285 g/mol. The van der Waals surface area contributed by atoms with Crippen LogP contribution in [0.15, 0.2) is 30.5 Å². The van der Waals surface area contributed by atoms with Crippen LogP contribution in [-0.4, -0.2) is 4.57 Å². The quantitative estimate of drug-likeness (QED) is 0.462. The van der Waals surface area contributed by atoms with E-state index in [2.05, 4.69) is 55.8 Å². The van der Waals surface area contributed by atoms with E-state index in [9.17, 15) is 0 Å². The van der Waals surface area contributed by atoms with Crippen molar-refractivity contribution in [3.63, 3.8) is 0 Å². The topological polar surface area (TPSA) is 4.93 Å². The fourth-order valence-corrected chi connectivity index (χ4v) is 3.01. The van der Waals surface area contributed by atoms with Gasteiger partial charge in [0.2, 0.25) is 0 Å². The van der Waals surface area contributed by atoms with Gasteiger partial charge in [0.1, 0.15) is 0 Å². The minimum absolute atomic E-state index is 0.612. The predicted octanol–water partition coefficient (Wildman–Crippen LogP) is 6.52. The van der Waals surface area contributed by atoms with Gasteiger partial charge in [0, 0.05) is 18.3 Å². The molecule has 0 amide bonds. The Morgan fingerprint density at radius 1 is 0.905 bits per heavy atom. The predicted molar refractivity (Wildman–Crippen MR) is 94.0 cm³/mol. The average Bonchev–Trinajstić information content (AvgIpc) is 2.88. The molecule has 0 aliphatic heterocycles. The third-order valence-corrected chi connectivity index (χ3v) is 4.46. The summed E-state index contributed by atoms with van der Waals surface area (Å²) in [7, 11) is 0. The largest absolute Gasteiger partial charge is 0.347 e. The molecule has 1 aromatic heterocycles. The van der Waals surface area contributed by atoms with E-state index in [1.54, 1.807) is 0 Å². The molecule has 0 unspecified atom stereocenters. The van der Waals surface area contributed by atoms with E-state index in [1.807, 2.05) is 0 Å². The number of hydrogen-bond donors (Lipinski definition) is 0. The lowest BCUT2D eigenvalue weighted by molar-refractivity contribution is 0.556. The van der Waals surface area contributed by atoms with E-state index in [4.69, 9.17) is 0 Å². The second-order valence-corrected chi connectivity index (χ2v) is 6.60. The molecule has 0 aliphatic carbocycles. The molecule has 116 valence electrons. The van der Waals surface area contributed by atoms with Crippen LogP contribution in [0.2, 0.25) is 0 Å². The maximum Gasteiger partial charge on any atom is 0.0480 e. The van der Waals surface area contributed by atoms with Gasteiger partial charge in [-0.05, 0) is 41.5 Å². The third-order valence-electron chi connectivity index (χ3n) is 4.46. The number of hydrogen-bond acceptors (Lipinski definition) is 0. The molecular formula is C20H31N. The van der Waals surface area contributed by atoms with Gasteiger partial charge in [-0.3, -0.25) is 0 Å². The molecule has 0 spiro atoms. The van der Waals surface area contributed by atoms with Crippen molar-refractivity contribution in [2.45, 2.75) is 78.2 Å². The first-order chi connectivity index (χ1) is 10.2. The van der Waals surface area contributed by atoms with Gasteiger partial charge in [-0.2, -0.15) is 0 Å². The summed E-state index contributed by atoms with van der Waals surface area (Å²) in [5, 5.41) is 1.39. The van der Waals surface area contributed by atoms with Crippen molar-refractivity contribution in [2.24, 2.45) is 0 Å². The Bertz CT molecular complexity index is 536. The third kappa shape index (κ3) is 4.62. The van der Waals surface area contributed by atoms with E-state index in [0.29, 0.717) is 5.92 Å². The minimum Gasteiger partial charge on any atom is -0.347 e. The van der Waals surface area contributed by atoms with Gasteiger partial charge in [0.25, 0.3) is 0 Å². The van der Waals surface area contributed by atoms with E-state index < -0.39 is 0 Å². The van der Waals surface area contributed by atoms with Crippen LogP contribution in [0.5, 0.6) is 0 Å². The van der Waals surface area contributed by atoms with Gasteiger partial charge in [-0.15, -0.1) is 0 Å². The van der Waals surface area contributed by atoms with E-state index in [1.165, 1.54) is 61.4 Å². The van der Waals surface area contributed by atoms with Crippen LogP contribution in [0, 0.1) is 0 Å². The van der Waals surface area contributed by atoms with Gasteiger partial charge in [-0.1, -0.05) is 65.4 Å². The van der Waals surface area contributed by atoms with Gasteiger partial charge in [0.05, 0.1) is 0 Å². The molecule has 1 heteroatoms. The number of nitrogens with zero attached hydrogens (tertiary/aromatic N) is 1. The first-order valence-corrected chi connectivity index (χ1v) is 8.81. The van der Waals surface area contributed by atoms with Gasteiger partial charge < -0.3 is 4.57 Å². The van der Waals surface area contributed by atoms with Crippen molar-refractivity contribution in [3.8, 4) is 0 Å². The molecule has 0 bridgehead atoms. The summed E-state index contributed by atoms with van der Waals surface area (Å²) in [6.45, 7) is 7.97. The second-order valence-electron chi connectivity index (χ2n) is 6.60. The summed E-state index contributed by atoms with van der Waals surface area (Å²) in [5.41, 5.74) is 2.83. The normalized spacial score (nSPS) is 11.6. The molecule has 1 heterocycles.